The molecule has 1 saturated heterocycles. The molecule has 5 rings (SSSR count). The maximum atomic E-state index is 12.2. The Labute approximate surface area is 198 Å². The number of esters is 1. The van der Waals surface area contributed by atoms with Crippen LogP contribution < -0.4 is 15.8 Å². The smallest absolute Gasteiger partial charge is 0.340 e. The standard InChI is InChI=1S/C25H29N5O4/c1-13-14(2)33-23(31)15-6-7-19(30-21(13)15)29-20-8-16-17(9-27-20)18(34-25(5)11-32-12-25)10-28-22(16)24(3,4)26/h6-10,13-14H,11-12,26H2,1-5H3,(H,27,29,30)/t13-,14-/m0/s1. The molecule has 3 aromatic rings. The molecule has 0 aromatic carbocycles. The molecule has 1 fully saturated rings. The first-order chi connectivity index (χ1) is 16.0. The van der Waals surface area contributed by atoms with Gasteiger partial charge < -0.3 is 25.3 Å². The van der Waals surface area contributed by atoms with Crippen molar-refractivity contribution in [1.82, 2.24) is 15.0 Å². The molecule has 3 N–H and O–H groups in total. The summed E-state index contributed by atoms with van der Waals surface area (Å²) in [6, 6.07) is 5.39. The van der Waals surface area contributed by atoms with Crippen LogP contribution >= 0.6 is 0 Å². The number of hydrogen-bond donors (Lipinski definition) is 2. The first-order valence-corrected chi connectivity index (χ1v) is 11.4. The van der Waals surface area contributed by atoms with Gasteiger partial charge in [-0.1, -0.05) is 6.92 Å². The van der Waals surface area contributed by atoms with Crippen LogP contribution in [0, 0.1) is 0 Å². The fourth-order valence-corrected chi connectivity index (χ4v) is 4.24. The third-order valence-electron chi connectivity index (χ3n) is 6.35. The number of nitrogens with one attached hydrogen (secondary N) is 1. The Morgan fingerprint density at radius 1 is 1.15 bits per heavy atom. The second-order valence-corrected chi connectivity index (χ2v) is 10.0. The third-order valence-corrected chi connectivity index (χ3v) is 6.35. The van der Waals surface area contributed by atoms with Crippen LogP contribution in [0.2, 0.25) is 0 Å². The number of pyridine rings is 3. The number of carbonyl (C=O) groups excluding carboxylic acids is 1. The topological polar surface area (TPSA) is 121 Å². The van der Waals surface area contributed by atoms with E-state index >= 15 is 0 Å². The number of carbonyl (C=O) groups is 1. The Balaban J connectivity index is 1.53. The van der Waals surface area contributed by atoms with E-state index in [1.807, 2.05) is 40.7 Å². The summed E-state index contributed by atoms with van der Waals surface area (Å²) in [6.45, 7) is 10.8. The van der Waals surface area contributed by atoms with Crippen molar-refractivity contribution in [2.75, 3.05) is 18.5 Å². The number of rotatable bonds is 5. The molecule has 178 valence electrons. The fourth-order valence-electron chi connectivity index (χ4n) is 4.24. The summed E-state index contributed by atoms with van der Waals surface area (Å²) < 4.78 is 16.9. The maximum Gasteiger partial charge on any atom is 0.340 e. The molecule has 0 spiro atoms. The minimum absolute atomic E-state index is 0.00980. The molecule has 2 aliphatic rings. The summed E-state index contributed by atoms with van der Waals surface area (Å²) >= 11 is 0. The molecule has 0 bridgehead atoms. The van der Waals surface area contributed by atoms with Crippen molar-refractivity contribution in [1.29, 1.82) is 0 Å². The van der Waals surface area contributed by atoms with Gasteiger partial charge in [0.25, 0.3) is 0 Å². The lowest BCUT2D eigenvalue weighted by Gasteiger charge is -2.38. The molecular formula is C25H29N5O4. The predicted molar refractivity (Wildman–Crippen MR) is 127 cm³/mol. The number of nitrogens with zero attached hydrogens (tertiary/aromatic N) is 3. The Bertz CT molecular complexity index is 1280. The van der Waals surface area contributed by atoms with Gasteiger partial charge in [0.15, 0.2) is 5.60 Å². The van der Waals surface area contributed by atoms with Crippen LogP contribution in [0.3, 0.4) is 0 Å². The zero-order valence-electron chi connectivity index (χ0n) is 20.0. The van der Waals surface area contributed by atoms with Crippen LogP contribution in [0.4, 0.5) is 11.6 Å². The van der Waals surface area contributed by atoms with Crippen molar-refractivity contribution in [2.45, 2.75) is 57.8 Å². The van der Waals surface area contributed by atoms with Gasteiger partial charge in [-0.3, -0.25) is 4.98 Å². The van der Waals surface area contributed by atoms with Crippen LogP contribution in [0.5, 0.6) is 5.75 Å². The molecule has 2 atom stereocenters. The van der Waals surface area contributed by atoms with Crippen molar-refractivity contribution in [3.8, 4) is 5.75 Å². The summed E-state index contributed by atoms with van der Waals surface area (Å²) in [6.07, 6.45) is 3.23. The highest BCUT2D eigenvalue weighted by atomic mass is 16.6. The molecule has 0 saturated carbocycles. The van der Waals surface area contributed by atoms with E-state index in [4.69, 9.17) is 24.9 Å². The first kappa shape index (κ1) is 22.5. The highest BCUT2D eigenvalue weighted by Crippen LogP contribution is 2.36. The van der Waals surface area contributed by atoms with E-state index in [0.717, 1.165) is 16.5 Å². The largest absolute Gasteiger partial charge is 0.480 e. The van der Waals surface area contributed by atoms with Gasteiger partial charge in [0.2, 0.25) is 0 Å². The van der Waals surface area contributed by atoms with Gasteiger partial charge in [-0.25, -0.2) is 14.8 Å². The van der Waals surface area contributed by atoms with Gasteiger partial charge in [-0.05, 0) is 45.9 Å². The Morgan fingerprint density at radius 3 is 2.59 bits per heavy atom. The summed E-state index contributed by atoms with van der Waals surface area (Å²) in [5, 5.41) is 4.93. The first-order valence-electron chi connectivity index (χ1n) is 11.4. The van der Waals surface area contributed by atoms with E-state index in [1.165, 1.54) is 0 Å². The predicted octanol–water partition coefficient (Wildman–Crippen LogP) is 3.79. The number of fused-ring (bicyclic) bond motifs is 2. The lowest BCUT2D eigenvalue weighted by atomic mass is 9.94. The Kier molecular flexibility index (Phi) is 5.22. The van der Waals surface area contributed by atoms with Crippen LogP contribution in [0.25, 0.3) is 10.8 Å². The van der Waals surface area contributed by atoms with E-state index in [-0.39, 0.29) is 23.6 Å². The van der Waals surface area contributed by atoms with Gasteiger partial charge >= 0.3 is 5.97 Å². The highest BCUT2D eigenvalue weighted by molar-refractivity contribution is 5.93. The van der Waals surface area contributed by atoms with E-state index < -0.39 is 5.54 Å². The van der Waals surface area contributed by atoms with Crippen molar-refractivity contribution in [3.63, 3.8) is 0 Å². The summed E-state index contributed by atoms with van der Waals surface area (Å²) in [5.74, 6) is 1.46. The molecule has 0 aliphatic carbocycles. The SMILES string of the molecule is C[C@@H]1OC(=O)c2ccc(Nc3cc4c(C(C)(C)N)ncc(OC5(C)COC5)c4cn3)nc2[C@H]1C. The fraction of sp³-hybridized carbons (Fsp3) is 0.440. The maximum absolute atomic E-state index is 12.2. The van der Waals surface area contributed by atoms with E-state index in [9.17, 15) is 4.79 Å². The Morgan fingerprint density at radius 2 is 1.91 bits per heavy atom. The zero-order valence-corrected chi connectivity index (χ0v) is 20.0. The molecule has 9 heteroatoms. The van der Waals surface area contributed by atoms with Crippen molar-refractivity contribution >= 4 is 28.4 Å². The minimum atomic E-state index is -0.672. The van der Waals surface area contributed by atoms with Crippen LogP contribution in [0.1, 0.15) is 62.3 Å². The molecule has 0 radical (unpaired) electrons. The summed E-state index contributed by atoms with van der Waals surface area (Å²) in [5.41, 5.74) is 7.33. The van der Waals surface area contributed by atoms with E-state index in [0.29, 0.717) is 41.9 Å². The summed E-state index contributed by atoms with van der Waals surface area (Å²) in [7, 11) is 0. The molecular weight excluding hydrogens is 434 g/mol. The molecule has 0 amide bonds. The molecule has 9 nitrogen and oxygen atoms in total. The Hall–Kier alpha value is -3.30. The van der Waals surface area contributed by atoms with Gasteiger partial charge in [0, 0.05) is 22.9 Å². The molecule has 2 aliphatic heterocycles. The highest BCUT2D eigenvalue weighted by Gasteiger charge is 2.37. The number of hydrogen-bond acceptors (Lipinski definition) is 9. The molecule has 0 unspecified atom stereocenters. The zero-order chi connectivity index (χ0) is 24.3. The minimum Gasteiger partial charge on any atom is -0.480 e. The van der Waals surface area contributed by atoms with E-state index in [1.54, 1.807) is 24.5 Å². The van der Waals surface area contributed by atoms with Crippen molar-refractivity contribution in [3.05, 3.63) is 47.5 Å². The average Bonchev–Trinajstić information content (AvgIpc) is 2.75. The number of aromatic nitrogens is 3. The molecule has 3 aromatic heterocycles. The van der Waals surface area contributed by atoms with E-state index in [2.05, 4.69) is 15.3 Å². The quantitative estimate of drug-likeness (QED) is 0.544. The van der Waals surface area contributed by atoms with Gasteiger partial charge in [0.1, 0.15) is 23.5 Å². The van der Waals surface area contributed by atoms with Gasteiger partial charge in [-0.2, -0.15) is 0 Å². The molecule has 34 heavy (non-hydrogen) atoms. The molecule has 5 heterocycles. The van der Waals surface area contributed by atoms with Gasteiger partial charge in [0.05, 0.1) is 41.9 Å². The van der Waals surface area contributed by atoms with Crippen LogP contribution in [-0.2, 0) is 15.0 Å². The average molecular weight is 464 g/mol. The van der Waals surface area contributed by atoms with Crippen molar-refractivity contribution in [2.24, 2.45) is 5.73 Å². The van der Waals surface area contributed by atoms with Crippen LogP contribution in [-0.4, -0.2) is 45.8 Å². The second-order valence-electron chi connectivity index (χ2n) is 10.0. The van der Waals surface area contributed by atoms with Gasteiger partial charge in [-0.15, -0.1) is 0 Å². The van der Waals surface area contributed by atoms with Crippen LogP contribution in [0.15, 0.2) is 30.6 Å². The number of ether oxygens (including phenoxy) is 3. The summed E-state index contributed by atoms with van der Waals surface area (Å²) in [4.78, 5) is 26.1. The lowest BCUT2D eigenvalue weighted by Crippen LogP contribution is -2.51. The third kappa shape index (κ3) is 3.95. The van der Waals surface area contributed by atoms with Crippen molar-refractivity contribution < 1.29 is 19.0 Å². The second kappa shape index (κ2) is 7.89. The monoisotopic (exact) mass is 463 g/mol. The number of anilines is 2. The number of nitrogens with two attached hydrogens (primary N) is 1. The lowest BCUT2D eigenvalue weighted by molar-refractivity contribution is -0.149. The normalized spacial score (nSPS) is 21.4. The number of cyclic esters (lactones) is 1.